The van der Waals surface area contributed by atoms with E-state index in [0.29, 0.717) is 0 Å². The molecule has 1 heterocycles. The van der Waals surface area contributed by atoms with E-state index < -0.39 is 0 Å². The lowest BCUT2D eigenvalue weighted by Crippen LogP contribution is -2.32. The van der Waals surface area contributed by atoms with Crippen LogP contribution in [-0.4, -0.2) is 0 Å². The smallest absolute Gasteiger partial charge is 0.194 e. The molecule has 1 heteroatoms. The molecule has 3 rings (SSSR count). The van der Waals surface area contributed by atoms with Crippen LogP contribution in [0.5, 0.6) is 0 Å². The van der Waals surface area contributed by atoms with Gasteiger partial charge >= 0.3 is 0 Å². The molecule has 0 fully saturated rings. The Kier molecular flexibility index (Phi) is 3.52. The average Bonchev–Trinajstić information content (AvgIpc) is 2.46. The molecular weight excluding hydrogens is 266 g/mol. The molecule has 2 aromatic carbocycles. The van der Waals surface area contributed by atoms with Crippen LogP contribution in [-0.2, 0) is 7.05 Å². The lowest BCUT2D eigenvalue weighted by molar-refractivity contribution is -0.633. The van der Waals surface area contributed by atoms with Crippen LogP contribution >= 0.6 is 0 Å². The molecule has 1 aromatic heterocycles. The molecule has 0 saturated carbocycles. The van der Waals surface area contributed by atoms with Gasteiger partial charge in [0.2, 0.25) is 11.2 Å². The van der Waals surface area contributed by atoms with Crippen molar-refractivity contribution >= 4 is 10.9 Å². The van der Waals surface area contributed by atoms with Gasteiger partial charge < -0.3 is 0 Å². The molecular formula is C21H24N+. The number of rotatable bonds is 1. The fourth-order valence-corrected chi connectivity index (χ4v) is 3.33. The normalized spacial score (nSPS) is 11.2. The van der Waals surface area contributed by atoms with Gasteiger partial charge in [0, 0.05) is 23.1 Å². The Hall–Kier alpha value is -2.15. The molecule has 0 aliphatic rings. The first-order valence-corrected chi connectivity index (χ1v) is 7.86. The van der Waals surface area contributed by atoms with Gasteiger partial charge in [0.15, 0.2) is 0 Å². The van der Waals surface area contributed by atoms with Crippen molar-refractivity contribution < 1.29 is 4.57 Å². The minimum absolute atomic E-state index is 1.29. The van der Waals surface area contributed by atoms with Gasteiger partial charge in [-0.25, -0.2) is 0 Å². The van der Waals surface area contributed by atoms with E-state index in [9.17, 15) is 0 Å². The van der Waals surface area contributed by atoms with Crippen LogP contribution in [0.25, 0.3) is 22.2 Å². The van der Waals surface area contributed by atoms with E-state index in [1.165, 1.54) is 50.0 Å². The summed E-state index contributed by atoms with van der Waals surface area (Å²) < 4.78 is 2.32. The summed E-state index contributed by atoms with van der Waals surface area (Å²) in [6, 6.07) is 13.6. The van der Waals surface area contributed by atoms with E-state index in [-0.39, 0.29) is 0 Å². The maximum absolute atomic E-state index is 2.32. The minimum Gasteiger partial charge on any atom is -0.194 e. The zero-order chi connectivity index (χ0) is 16.0. The van der Waals surface area contributed by atoms with E-state index in [4.69, 9.17) is 0 Å². The summed E-state index contributed by atoms with van der Waals surface area (Å²) in [4.78, 5) is 0. The molecule has 112 valence electrons. The SMILES string of the molecule is Cc1cc(C)c(C)c(-c2cc(C)c3cc(C)ccc3[n+]2C)c1. The summed E-state index contributed by atoms with van der Waals surface area (Å²) in [5.74, 6) is 0. The lowest BCUT2D eigenvalue weighted by Gasteiger charge is -2.12. The van der Waals surface area contributed by atoms with Crippen LogP contribution in [0.15, 0.2) is 36.4 Å². The van der Waals surface area contributed by atoms with Crippen LogP contribution in [0.3, 0.4) is 0 Å². The molecule has 22 heavy (non-hydrogen) atoms. The molecule has 0 aliphatic carbocycles. The predicted molar refractivity (Wildman–Crippen MR) is 94.2 cm³/mol. The van der Waals surface area contributed by atoms with Gasteiger partial charge in [0.05, 0.1) is 0 Å². The molecule has 0 amide bonds. The first kappa shape index (κ1) is 14.8. The maximum atomic E-state index is 2.32. The molecule has 0 bridgehead atoms. The average molecular weight is 290 g/mol. The van der Waals surface area contributed by atoms with E-state index in [0.717, 1.165) is 0 Å². The first-order valence-electron chi connectivity index (χ1n) is 7.86. The Labute approximate surface area is 133 Å². The summed E-state index contributed by atoms with van der Waals surface area (Å²) in [6.45, 7) is 11.0. The van der Waals surface area contributed by atoms with Gasteiger partial charge in [-0.1, -0.05) is 23.3 Å². The van der Waals surface area contributed by atoms with Crippen molar-refractivity contribution in [3.63, 3.8) is 0 Å². The summed E-state index contributed by atoms with van der Waals surface area (Å²) in [5.41, 5.74) is 10.6. The largest absolute Gasteiger partial charge is 0.213 e. The highest BCUT2D eigenvalue weighted by Crippen LogP contribution is 2.28. The Morgan fingerprint density at radius 3 is 2.18 bits per heavy atom. The Bertz CT molecular complexity index is 888. The molecule has 0 atom stereocenters. The quantitative estimate of drug-likeness (QED) is 0.563. The van der Waals surface area contributed by atoms with Crippen molar-refractivity contribution in [2.24, 2.45) is 7.05 Å². The monoisotopic (exact) mass is 290 g/mol. The maximum Gasteiger partial charge on any atom is 0.213 e. The molecule has 3 aromatic rings. The fourth-order valence-electron chi connectivity index (χ4n) is 3.33. The Morgan fingerprint density at radius 1 is 0.727 bits per heavy atom. The van der Waals surface area contributed by atoms with E-state index in [2.05, 4.69) is 82.6 Å². The van der Waals surface area contributed by atoms with E-state index in [1.54, 1.807) is 0 Å². The zero-order valence-corrected chi connectivity index (χ0v) is 14.4. The molecule has 0 aliphatic heterocycles. The second kappa shape index (κ2) is 5.24. The van der Waals surface area contributed by atoms with Crippen molar-refractivity contribution in [1.29, 1.82) is 0 Å². The van der Waals surface area contributed by atoms with Gasteiger partial charge in [-0.2, -0.15) is 4.57 Å². The van der Waals surface area contributed by atoms with Crippen molar-refractivity contribution in [2.45, 2.75) is 34.6 Å². The Morgan fingerprint density at radius 2 is 1.45 bits per heavy atom. The van der Waals surface area contributed by atoms with Crippen LogP contribution in [0.1, 0.15) is 27.8 Å². The lowest BCUT2D eigenvalue weighted by atomic mass is 9.95. The van der Waals surface area contributed by atoms with Gasteiger partial charge in [-0.05, 0) is 63.4 Å². The number of aryl methyl sites for hydroxylation is 5. The summed E-state index contributed by atoms with van der Waals surface area (Å²) in [6.07, 6.45) is 0. The predicted octanol–water partition coefficient (Wildman–Crippen LogP) is 4.87. The molecule has 0 unspecified atom stereocenters. The van der Waals surface area contributed by atoms with Gasteiger partial charge in [-0.15, -0.1) is 0 Å². The molecule has 0 spiro atoms. The van der Waals surface area contributed by atoms with Gasteiger partial charge in [0.25, 0.3) is 0 Å². The highest BCUT2D eigenvalue weighted by atomic mass is 14.9. The van der Waals surface area contributed by atoms with Crippen LogP contribution < -0.4 is 4.57 Å². The number of benzene rings is 2. The van der Waals surface area contributed by atoms with Crippen LogP contribution in [0, 0.1) is 34.6 Å². The first-order chi connectivity index (χ1) is 10.4. The van der Waals surface area contributed by atoms with Crippen molar-refractivity contribution in [3.05, 3.63) is 64.2 Å². The summed E-state index contributed by atoms with van der Waals surface area (Å²) in [7, 11) is 2.17. The molecule has 0 radical (unpaired) electrons. The van der Waals surface area contributed by atoms with Crippen LogP contribution in [0.2, 0.25) is 0 Å². The summed E-state index contributed by atoms with van der Waals surface area (Å²) in [5, 5.41) is 1.34. The number of nitrogens with zero attached hydrogens (tertiary/aromatic N) is 1. The number of aromatic nitrogens is 1. The molecule has 0 saturated heterocycles. The number of hydrogen-bond acceptors (Lipinski definition) is 0. The van der Waals surface area contributed by atoms with Crippen LogP contribution in [0.4, 0.5) is 0 Å². The number of pyridine rings is 1. The standard InChI is InChI=1S/C21H24N/c1-13-7-8-20-18(10-13)16(4)12-21(22(20)6)19-11-14(2)9-15(3)17(19)5/h7-12H,1-6H3/q+1. The number of fused-ring (bicyclic) bond motifs is 1. The highest BCUT2D eigenvalue weighted by molar-refractivity contribution is 5.82. The van der Waals surface area contributed by atoms with Crippen molar-refractivity contribution in [3.8, 4) is 11.3 Å². The third-order valence-electron chi connectivity index (χ3n) is 4.74. The van der Waals surface area contributed by atoms with Gasteiger partial charge in [0.1, 0.15) is 7.05 Å². The number of hydrogen-bond donors (Lipinski definition) is 0. The second-order valence-corrected chi connectivity index (χ2v) is 6.55. The zero-order valence-electron chi connectivity index (χ0n) is 14.4. The Balaban J connectivity index is 2.38. The third-order valence-corrected chi connectivity index (χ3v) is 4.74. The summed E-state index contributed by atoms with van der Waals surface area (Å²) >= 11 is 0. The van der Waals surface area contributed by atoms with E-state index >= 15 is 0 Å². The molecule has 1 nitrogen and oxygen atoms in total. The molecule has 0 N–H and O–H groups in total. The third kappa shape index (κ3) is 2.31. The highest BCUT2D eigenvalue weighted by Gasteiger charge is 2.18. The van der Waals surface area contributed by atoms with Gasteiger partial charge in [-0.3, -0.25) is 0 Å². The topological polar surface area (TPSA) is 3.88 Å². The second-order valence-electron chi connectivity index (χ2n) is 6.55. The van der Waals surface area contributed by atoms with E-state index in [1.807, 2.05) is 0 Å². The van der Waals surface area contributed by atoms with Crippen molar-refractivity contribution in [2.75, 3.05) is 0 Å². The van der Waals surface area contributed by atoms with Crippen molar-refractivity contribution in [1.82, 2.24) is 0 Å². The fraction of sp³-hybridized carbons (Fsp3) is 0.286. The minimum atomic E-state index is 1.29.